The molecule has 1 aromatic carbocycles. The van der Waals surface area contributed by atoms with Crippen molar-refractivity contribution in [2.75, 3.05) is 19.0 Å². The Morgan fingerprint density at radius 3 is 2.43 bits per heavy atom. The van der Waals surface area contributed by atoms with Crippen molar-refractivity contribution in [3.63, 3.8) is 0 Å². The van der Waals surface area contributed by atoms with Crippen molar-refractivity contribution >= 4 is 17.5 Å². The van der Waals surface area contributed by atoms with Crippen LogP contribution in [0.5, 0.6) is 0 Å². The molecule has 2 amide bonds. The quantitative estimate of drug-likeness (QED) is 0.879. The average Bonchev–Trinajstić information content (AvgIpc) is 2.93. The van der Waals surface area contributed by atoms with Gasteiger partial charge in [-0.15, -0.1) is 0 Å². The molecule has 0 spiro atoms. The van der Waals surface area contributed by atoms with Gasteiger partial charge in [0, 0.05) is 13.1 Å². The van der Waals surface area contributed by atoms with Crippen LogP contribution in [-0.4, -0.2) is 46.3 Å². The summed E-state index contributed by atoms with van der Waals surface area (Å²) >= 11 is 0. The van der Waals surface area contributed by atoms with E-state index in [-0.39, 0.29) is 24.5 Å². The molecule has 7 nitrogen and oxygen atoms in total. The zero-order valence-corrected chi connectivity index (χ0v) is 17.3. The molecule has 7 heteroatoms. The molecule has 2 heterocycles. The summed E-state index contributed by atoms with van der Waals surface area (Å²) in [6, 6.07) is 7.52. The van der Waals surface area contributed by atoms with Crippen LogP contribution >= 0.6 is 0 Å². The number of hydrogen-bond acceptors (Lipinski definition) is 4. The molecule has 1 saturated heterocycles. The Hall–Kier alpha value is -2.67. The highest BCUT2D eigenvalue weighted by Crippen LogP contribution is 2.31. The predicted octanol–water partition coefficient (Wildman–Crippen LogP) is 2.93. The van der Waals surface area contributed by atoms with Gasteiger partial charge in [-0.1, -0.05) is 29.8 Å². The number of morpholine rings is 1. The molecule has 28 heavy (non-hydrogen) atoms. The standard InChI is InChI=1S/C21H28N4O3/c1-12(2)25-15(5)18(14(4)23-25)22-21(27)20-19(24(6)17(26)11-28-20)16-9-7-13(3)8-10-16/h7-10,12,19-20H,11H2,1-6H3,(H,22,27)/t19-,20-/m0/s1. The number of hydrogen-bond donors (Lipinski definition) is 1. The summed E-state index contributed by atoms with van der Waals surface area (Å²) in [5, 5.41) is 7.50. The van der Waals surface area contributed by atoms with E-state index in [0.717, 1.165) is 22.5 Å². The molecule has 150 valence electrons. The zero-order valence-electron chi connectivity index (χ0n) is 17.3. The maximum Gasteiger partial charge on any atom is 0.256 e. The van der Waals surface area contributed by atoms with Gasteiger partial charge in [-0.3, -0.25) is 14.3 Å². The summed E-state index contributed by atoms with van der Waals surface area (Å²) in [6.45, 7) is 9.78. The molecular formula is C21H28N4O3. The van der Waals surface area contributed by atoms with Crippen LogP contribution in [0.3, 0.4) is 0 Å². The predicted molar refractivity (Wildman–Crippen MR) is 107 cm³/mol. The number of likely N-dealkylation sites (N-methyl/N-ethyl adjacent to an activating group) is 1. The molecule has 0 unspecified atom stereocenters. The van der Waals surface area contributed by atoms with E-state index >= 15 is 0 Å². The third kappa shape index (κ3) is 3.67. The Labute approximate surface area is 165 Å². The van der Waals surface area contributed by atoms with Gasteiger partial charge < -0.3 is 15.0 Å². The summed E-state index contributed by atoms with van der Waals surface area (Å²) < 4.78 is 7.58. The molecular weight excluding hydrogens is 356 g/mol. The Kier molecular flexibility index (Phi) is 5.56. The highest BCUT2D eigenvalue weighted by Gasteiger charge is 2.40. The first-order chi connectivity index (χ1) is 13.2. The van der Waals surface area contributed by atoms with E-state index in [1.165, 1.54) is 0 Å². The number of anilines is 1. The van der Waals surface area contributed by atoms with Crippen LogP contribution in [0, 0.1) is 20.8 Å². The fourth-order valence-corrected chi connectivity index (χ4v) is 3.63. The lowest BCUT2D eigenvalue weighted by molar-refractivity contribution is -0.160. The van der Waals surface area contributed by atoms with Gasteiger partial charge in [0.05, 0.1) is 23.1 Å². The van der Waals surface area contributed by atoms with Crippen LogP contribution in [0.4, 0.5) is 5.69 Å². The molecule has 0 bridgehead atoms. The topological polar surface area (TPSA) is 76.5 Å². The van der Waals surface area contributed by atoms with Crippen LogP contribution in [0.1, 0.15) is 48.4 Å². The number of rotatable bonds is 4. The third-order valence-corrected chi connectivity index (χ3v) is 5.22. The van der Waals surface area contributed by atoms with Crippen LogP contribution < -0.4 is 5.32 Å². The molecule has 1 N–H and O–H groups in total. The van der Waals surface area contributed by atoms with Crippen LogP contribution in [0.15, 0.2) is 24.3 Å². The maximum absolute atomic E-state index is 13.1. The van der Waals surface area contributed by atoms with Crippen molar-refractivity contribution in [1.29, 1.82) is 0 Å². The Balaban J connectivity index is 1.91. The van der Waals surface area contributed by atoms with Crippen molar-refractivity contribution < 1.29 is 14.3 Å². The second-order valence-corrected chi connectivity index (χ2v) is 7.67. The summed E-state index contributed by atoms with van der Waals surface area (Å²) in [7, 11) is 1.71. The maximum atomic E-state index is 13.1. The highest BCUT2D eigenvalue weighted by atomic mass is 16.5. The van der Waals surface area contributed by atoms with E-state index in [9.17, 15) is 9.59 Å². The largest absolute Gasteiger partial charge is 0.356 e. The first-order valence-electron chi connectivity index (χ1n) is 9.51. The number of nitrogens with one attached hydrogen (secondary N) is 1. The SMILES string of the molecule is Cc1ccc([C@H]2[C@@H](C(=O)Nc3c(C)nn(C(C)C)c3C)OCC(=O)N2C)cc1. The van der Waals surface area contributed by atoms with Gasteiger partial charge in [0.25, 0.3) is 5.91 Å². The molecule has 1 fully saturated rings. The summed E-state index contributed by atoms with van der Waals surface area (Å²) in [5.74, 6) is -0.422. The van der Waals surface area contributed by atoms with Crippen LogP contribution in [0.25, 0.3) is 0 Å². The molecule has 1 aliphatic heterocycles. The smallest absolute Gasteiger partial charge is 0.256 e. The van der Waals surface area contributed by atoms with Gasteiger partial charge in [-0.2, -0.15) is 5.10 Å². The number of nitrogens with zero attached hydrogens (tertiary/aromatic N) is 3. The molecule has 3 rings (SSSR count). The molecule has 2 aromatic rings. The third-order valence-electron chi connectivity index (χ3n) is 5.22. The molecule has 0 radical (unpaired) electrons. The van der Waals surface area contributed by atoms with E-state index in [1.807, 2.05) is 63.6 Å². The van der Waals surface area contributed by atoms with Gasteiger partial charge >= 0.3 is 0 Å². The van der Waals surface area contributed by atoms with E-state index in [1.54, 1.807) is 11.9 Å². The number of carbonyl (C=O) groups excluding carboxylic acids is 2. The Bertz CT molecular complexity index is 886. The first kappa shape index (κ1) is 20.1. The van der Waals surface area contributed by atoms with E-state index < -0.39 is 12.1 Å². The van der Waals surface area contributed by atoms with Gasteiger partial charge in [0.1, 0.15) is 6.61 Å². The van der Waals surface area contributed by atoms with Crippen LogP contribution in [-0.2, 0) is 14.3 Å². The molecule has 0 aliphatic carbocycles. The molecule has 1 aromatic heterocycles. The lowest BCUT2D eigenvalue weighted by atomic mass is 9.96. The van der Waals surface area contributed by atoms with Crippen molar-refractivity contribution in [2.24, 2.45) is 0 Å². The minimum absolute atomic E-state index is 0.111. The van der Waals surface area contributed by atoms with Gasteiger partial charge in [-0.25, -0.2) is 0 Å². The van der Waals surface area contributed by atoms with Crippen LogP contribution in [0.2, 0.25) is 0 Å². The molecule has 0 saturated carbocycles. The highest BCUT2D eigenvalue weighted by molar-refractivity contribution is 5.97. The number of aryl methyl sites for hydroxylation is 2. The van der Waals surface area contributed by atoms with Crippen molar-refractivity contribution in [2.45, 2.75) is 52.8 Å². The molecule has 2 atom stereocenters. The van der Waals surface area contributed by atoms with E-state index in [2.05, 4.69) is 10.4 Å². The number of amides is 2. The van der Waals surface area contributed by atoms with Gasteiger partial charge in [0.2, 0.25) is 5.91 Å². The second-order valence-electron chi connectivity index (χ2n) is 7.67. The average molecular weight is 384 g/mol. The molecule has 1 aliphatic rings. The van der Waals surface area contributed by atoms with Gasteiger partial charge in [0.15, 0.2) is 6.10 Å². The number of ether oxygens (including phenoxy) is 1. The van der Waals surface area contributed by atoms with E-state index in [4.69, 9.17) is 4.74 Å². The number of carbonyl (C=O) groups is 2. The minimum Gasteiger partial charge on any atom is -0.356 e. The number of aromatic nitrogens is 2. The summed E-state index contributed by atoms with van der Waals surface area (Å²) in [6.07, 6.45) is -0.799. The summed E-state index contributed by atoms with van der Waals surface area (Å²) in [4.78, 5) is 26.9. The Morgan fingerprint density at radius 1 is 1.21 bits per heavy atom. The van der Waals surface area contributed by atoms with Crippen molar-refractivity contribution in [1.82, 2.24) is 14.7 Å². The lowest BCUT2D eigenvalue weighted by Crippen LogP contribution is -2.51. The fourth-order valence-electron chi connectivity index (χ4n) is 3.63. The monoisotopic (exact) mass is 384 g/mol. The minimum atomic E-state index is -0.799. The van der Waals surface area contributed by atoms with Crippen molar-refractivity contribution in [3.8, 4) is 0 Å². The summed E-state index contributed by atoms with van der Waals surface area (Å²) in [5.41, 5.74) is 4.33. The fraction of sp³-hybridized carbons (Fsp3) is 0.476. The normalized spacial score (nSPS) is 20.0. The van der Waals surface area contributed by atoms with E-state index in [0.29, 0.717) is 5.69 Å². The van der Waals surface area contributed by atoms with Gasteiger partial charge in [-0.05, 0) is 40.2 Å². The lowest BCUT2D eigenvalue weighted by Gasteiger charge is -2.38. The second kappa shape index (κ2) is 7.75. The number of benzene rings is 1. The first-order valence-corrected chi connectivity index (χ1v) is 9.51. The zero-order chi connectivity index (χ0) is 20.6. The Morgan fingerprint density at radius 2 is 1.86 bits per heavy atom. The van der Waals surface area contributed by atoms with Crippen molar-refractivity contribution in [3.05, 3.63) is 46.8 Å².